The van der Waals surface area contributed by atoms with E-state index in [-0.39, 0.29) is 0 Å². The van der Waals surface area contributed by atoms with Gasteiger partial charge in [0.1, 0.15) is 12.4 Å². The first-order chi connectivity index (χ1) is 8.08. The van der Waals surface area contributed by atoms with Crippen LogP contribution in [0.15, 0.2) is 28.7 Å². The van der Waals surface area contributed by atoms with Gasteiger partial charge in [-0.05, 0) is 41.9 Å². The van der Waals surface area contributed by atoms with Gasteiger partial charge in [0, 0.05) is 7.05 Å². The van der Waals surface area contributed by atoms with E-state index < -0.39 is 0 Å². The first kappa shape index (κ1) is 12.2. The van der Waals surface area contributed by atoms with Gasteiger partial charge in [0.2, 0.25) is 0 Å². The molecule has 3 nitrogen and oxygen atoms in total. The molecule has 0 saturated heterocycles. The lowest BCUT2D eigenvalue weighted by atomic mass is 10.2. The van der Waals surface area contributed by atoms with Crippen LogP contribution >= 0.6 is 15.9 Å². The molecule has 0 aliphatic heterocycles. The Kier molecular flexibility index (Phi) is 3.52. The van der Waals surface area contributed by atoms with Crippen molar-refractivity contribution in [3.05, 3.63) is 45.7 Å². The van der Waals surface area contributed by atoms with E-state index in [1.807, 2.05) is 42.9 Å². The Bertz CT molecular complexity index is 517. The predicted octanol–water partition coefficient (Wildman–Crippen LogP) is 3.38. The molecule has 1 aromatic carbocycles. The zero-order chi connectivity index (χ0) is 12.4. The number of rotatable bonds is 3. The van der Waals surface area contributed by atoms with E-state index >= 15 is 0 Å². The first-order valence-corrected chi connectivity index (χ1v) is 6.24. The molecule has 0 N–H and O–H groups in total. The van der Waals surface area contributed by atoms with E-state index in [1.54, 1.807) is 0 Å². The third-order valence-corrected chi connectivity index (χ3v) is 3.69. The lowest BCUT2D eigenvalue weighted by Crippen LogP contribution is -2.03. The molecule has 0 aliphatic carbocycles. The summed E-state index contributed by atoms with van der Waals surface area (Å²) in [6.07, 6.45) is 0. The number of halogens is 1. The van der Waals surface area contributed by atoms with Crippen molar-refractivity contribution in [2.24, 2.45) is 7.05 Å². The van der Waals surface area contributed by atoms with Gasteiger partial charge in [0.05, 0.1) is 15.9 Å². The second-order valence-electron chi connectivity index (χ2n) is 4.07. The summed E-state index contributed by atoms with van der Waals surface area (Å²) in [5.41, 5.74) is 3.26. The summed E-state index contributed by atoms with van der Waals surface area (Å²) in [5.74, 6) is 0.876. The summed E-state index contributed by atoms with van der Waals surface area (Å²) in [6.45, 7) is 4.55. The maximum Gasteiger partial charge on any atom is 0.131 e. The van der Waals surface area contributed by atoms with Crippen molar-refractivity contribution in [2.45, 2.75) is 20.5 Å². The quantitative estimate of drug-likeness (QED) is 0.868. The highest BCUT2D eigenvalue weighted by Crippen LogP contribution is 2.22. The SMILES string of the molecule is Cc1ccc(OCc2c(Br)c(C)nn2C)cc1. The van der Waals surface area contributed by atoms with Crippen LogP contribution in [0.3, 0.4) is 0 Å². The van der Waals surface area contributed by atoms with Crippen molar-refractivity contribution in [3.8, 4) is 5.75 Å². The number of ether oxygens (including phenoxy) is 1. The van der Waals surface area contributed by atoms with Crippen molar-refractivity contribution < 1.29 is 4.74 Å². The third-order valence-electron chi connectivity index (χ3n) is 2.66. The molecule has 0 saturated carbocycles. The van der Waals surface area contributed by atoms with Crippen molar-refractivity contribution in [2.75, 3.05) is 0 Å². The van der Waals surface area contributed by atoms with Gasteiger partial charge >= 0.3 is 0 Å². The van der Waals surface area contributed by atoms with E-state index in [0.29, 0.717) is 6.61 Å². The van der Waals surface area contributed by atoms with Crippen molar-refractivity contribution in [3.63, 3.8) is 0 Å². The normalized spacial score (nSPS) is 10.6. The molecule has 2 rings (SSSR count). The number of nitrogens with zero attached hydrogens (tertiary/aromatic N) is 2. The Balaban J connectivity index is 2.09. The summed E-state index contributed by atoms with van der Waals surface area (Å²) in [5, 5.41) is 4.33. The number of benzene rings is 1. The number of hydrogen-bond donors (Lipinski definition) is 0. The van der Waals surface area contributed by atoms with Crippen LogP contribution in [0.1, 0.15) is 17.0 Å². The average molecular weight is 295 g/mol. The zero-order valence-electron chi connectivity index (χ0n) is 10.2. The van der Waals surface area contributed by atoms with Gasteiger partial charge < -0.3 is 4.74 Å². The Hall–Kier alpha value is -1.29. The monoisotopic (exact) mass is 294 g/mol. The van der Waals surface area contributed by atoms with Crippen LogP contribution in [0.4, 0.5) is 0 Å². The third kappa shape index (κ3) is 2.69. The molecule has 0 aliphatic rings. The Morgan fingerprint density at radius 2 is 1.88 bits per heavy atom. The van der Waals surface area contributed by atoms with E-state index in [0.717, 1.165) is 21.6 Å². The fraction of sp³-hybridized carbons (Fsp3) is 0.308. The van der Waals surface area contributed by atoms with Gasteiger partial charge in [0.15, 0.2) is 0 Å². The predicted molar refractivity (Wildman–Crippen MR) is 71.2 cm³/mol. The second-order valence-corrected chi connectivity index (χ2v) is 4.86. The zero-order valence-corrected chi connectivity index (χ0v) is 11.8. The lowest BCUT2D eigenvalue weighted by molar-refractivity contribution is 0.294. The minimum absolute atomic E-state index is 0.515. The van der Waals surface area contributed by atoms with Crippen LogP contribution in [0, 0.1) is 13.8 Å². The molecule has 0 bridgehead atoms. The van der Waals surface area contributed by atoms with Gasteiger partial charge in [-0.3, -0.25) is 4.68 Å². The summed E-state index contributed by atoms with van der Waals surface area (Å²) >= 11 is 3.52. The van der Waals surface area contributed by atoms with E-state index in [1.165, 1.54) is 5.56 Å². The van der Waals surface area contributed by atoms with Gasteiger partial charge in [-0.15, -0.1) is 0 Å². The van der Waals surface area contributed by atoms with E-state index in [9.17, 15) is 0 Å². The van der Waals surface area contributed by atoms with Crippen LogP contribution in [-0.4, -0.2) is 9.78 Å². The van der Waals surface area contributed by atoms with Gasteiger partial charge in [-0.2, -0.15) is 5.10 Å². The number of aromatic nitrogens is 2. The molecule has 17 heavy (non-hydrogen) atoms. The van der Waals surface area contributed by atoms with Crippen LogP contribution in [0.2, 0.25) is 0 Å². The van der Waals surface area contributed by atoms with Crippen LogP contribution in [0.25, 0.3) is 0 Å². The fourth-order valence-corrected chi connectivity index (χ4v) is 2.07. The lowest BCUT2D eigenvalue weighted by Gasteiger charge is -2.07. The summed E-state index contributed by atoms with van der Waals surface area (Å²) in [6, 6.07) is 8.04. The molecular formula is C13H15BrN2O. The van der Waals surface area contributed by atoms with Crippen LogP contribution < -0.4 is 4.74 Å². The molecule has 1 heterocycles. The van der Waals surface area contributed by atoms with Crippen LogP contribution in [0.5, 0.6) is 5.75 Å². The van der Waals surface area contributed by atoms with Crippen molar-refractivity contribution in [1.82, 2.24) is 9.78 Å². The van der Waals surface area contributed by atoms with Gasteiger partial charge in [0.25, 0.3) is 0 Å². The highest BCUT2D eigenvalue weighted by atomic mass is 79.9. The first-order valence-electron chi connectivity index (χ1n) is 5.45. The van der Waals surface area contributed by atoms with Gasteiger partial charge in [-0.1, -0.05) is 17.7 Å². The summed E-state index contributed by atoms with van der Waals surface area (Å²) in [7, 11) is 1.92. The van der Waals surface area contributed by atoms with Gasteiger partial charge in [-0.25, -0.2) is 0 Å². The van der Waals surface area contributed by atoms with Crippen molar-refractivity contribution in [1.29, 1.82) is 0 Å². The molecule has 2 aromatic rings. The molecule has 0 atom stereocenters. The molecule has 0 unspecified atom stereocenters. The largest absolute Gasteiger partial charge is 0.487 e. The molecular weight excluding hydrogens is 280 g/mol. The molecule has 0 amide bonds. The minimum atomic E-state index is 0.515. The smallest absolute Gasteiger partial charge is 0.131 e. The molecule has 4 heteroatoms. The Morgan fingerprint density at radius 1 is 1.24 bits per heavy atom. The van der Waals surface area contributed by atoms with Crippen molar-refractivity contribution >= 4 is 15.9 Å². The molecule has 90 valence electrons. The maximum absolute atomic E-state index is 5.73. The summed E-state index contributed by atoms with van der Waals surface area (Å²) in [4.78, 5) is 0. The summed E-state index contributed by atoms with van der Waals surface area (Å²) < 4.78 is 8.59. The molecule has 0 fully saturated rings. The van der Waals surface area contributed by atoms with E-state index in [2.05, 4.69) is 28.0 Å². The average Bonchev–Trinajstić information content (AvgIpc) is 2.54. The highest BCUT2D eigenvalue weighted by Gasteiger charge is 2.10. The Labute approximate surface area is 110 Å². The maximum atomic E-state index is 5.73. The molecule has 0 spiro atoms. The standard InChI is InChI=1S/C13H15BrN2O/c1-9-4-6-11(7-5-9)17-8-12-13(14)10(2)15-16(12)3/h4-7H,8H2,1-3H3. The Morgan fingerprint density at radius 3 is 2.41 bits per heavy atom. The van der Waals surface area contributed by atoms with E-state index in [4.69, 9.17) is 4.74 Å². The number of aryl methyl sites for hydroxylation is 3. The number of hydrogen-bond acceptors (Lipinski definition) is 2. The molecule has 1 aromatic heterocycles. The topological polar surface area (TPSA) is 27.1 Å². The minimum Gasteiger partial charge on any atom is -0.487 e. The highest BCUT2D eigenvalue weighted by molar-refractivity contribution is 9.10. The van der Waals surface area contributed by atoms with Crippen LogP contribution in [-0.2, 0) is 13.7 Å². The molecule has 0 radical (unpaired) electrons. The second kappa shape index (κ2) is 4.92. The fourth-order valence-electron chi connectivity index (χ4n) is 1.62.